The molecule has 4 heteroatoms. The standard InChI is InChI=1S/C16H16ClNO2/c1-11(9-12-5-3-2-4-6-12)18-16(20)14-10-13(19)7-8-15(14)17/h2-8,10-11,19H,9H2,1H3,(H,18,20). The Kier molecular flexibility index (Phi) is 4.64. The smallest absolute Gasteiger partial charge is 0.253 e. The Hall–Kier alpha value is -2.00. The van der Waals surface area contributed by atoms with Crippen molar-refractivity contribution >= 4 is 17.5 Å². The average molecular weight is 290 g/mol. The third-order valence-electron chi connectivity index (χ3n) is 2.96. The number of phenols is 1. The van der Waals surface area contributed by atoms with E-state index in [1.165, 1.54) is 18.2 Å². The van der Waals surface area contributed by atoms with Gasteiger partial charge in [-0.15, -0.1) is 0 Å². The molecule has 2 aromatic carbocycles. The molecule has 104 valence electrons. The summed E-state index contributed by atoms with van der Waals surface area (Å²) in [5, 5.41) is 12.6. The number of amides is 1. The molecule has 0 saturated heterocycles. The highest BCUT2D eigenvalue weighted by atomic mass is 35.5. The summed E-state index contributed by atoms with van der Waals surface area (Å²) in [4.78, 5) is 12.1. The monoisotopic (exact) mass is 289 g/mol. The van der Waals surface area contributed by atoms with Crippen molar-refractivity contribution in [1.82, 2.24) is 5.32 Å². The van der Waals surface area contributed by atoms with Gasteiger partial charge in [0.1, 0.15) is 5.75 Å². The highest BCUT2D eigenvalue weighted by Gasteiger charge is 2.14. The Morgan fingerprint density at radius 1 is 1.25 bits per heavy atom. The van der Waals surface area contributed by atoms with E-state index in [-0.39, 0.29) is 23.3 Å². The van der Waals surface area contributed by atoms with Crippen LogP contribution in [0.4, 0.5) is 0 Å². The maximum Gasteiger partial charge on any atom is 0.253 e. The van der Waals surface area contributed by atoms with Crippen molar-refractivity contribution in [2.24, 2.45) is 0 Å². The van der Waals surface area contributed by atoms with Crippen LogP contribution in [0, 0.1) is 0 Å². The number of hydrogen-bond acceptors (Lipinski definition) is 2. The molecule has 0 bridgehead atoms. The van der Waals surface area contributed by atoms with Gasteiger partial charge in [-0.25, -0.2) is 0 Å². The number of hydrogen-bond donors (Lipinski definition) is 2. The van der Waals surface area contributed by atoms with Crippen LogP contribution in [0.2, 0.25) is 5.02 Å². The zero-order valence-electron chi connectivity index (χ0n) is 11.1. The van der Waals surface area contributed by atoms with E-state index in [9.17, 15) is 9.90 Å². The van der Waals surface area contributed by atoms with Gasteiger partial charge in [0.2, 0.25) is 0 Å². The second-order valence-corrected chi connectivity index (χ2v) is 5.14. The van der Waals surface area contributed by atoms with Crippen molar-refractivity contribution in [2.75, 3.05) is 0 Å². The maximum absolute atomic E-state index is 12.1. The SMILES string of the molecule is CC(Cc1ccccc1)NC(=O)c1cc(O)ccc1Cl. The Morgan fingerprint density at radius 2 is 1.95 bits per heavy atom. The predicted octanol–water partition coefficient (Wildman–Crippen LogP) is 3.41. The summed E-state index contributed by atoms with van der Waals surface area (Å²) in [7, 11) is 0. The minimum atomic E-state index is -0.283. The van der Waals surface area contributed by atoms with Crippen LogP contribution < -0.4 is 5.32 Å². The third-order valence-corrected chi connectivity index (χ3v) is 3.29. The summed E-state index contributed by atoms with van der Waals surface area (Å²) in [6.07, 6.45) is 0.739. The van der Waals surface area contributed by atoms with E-state index in [1.807, 2.05) is 37.3 Å². The summed E-state index contributed by atoms with van der Waals surface area (Å²) in [5.74, 6) is -0.260. The minimum Gasteiger partial charge on any atom is -0.508 e. The summed E-state index contributed by atoms with van der Waals surface area (Å²) in [5.41, 5.74) is 1.44. The molecule has 0 radical (unpaired) electrons. The quantitative estimate of drug-likeness (QED) is 0.906. The summed E-state index contributed by atoms with van der Waals surface area (Å²) in [6.45, 7) is 1.93. The van der Waals surface area contributed by atoms with Gasteiger partial charge < -0.3 is 10.4 Å². The highest BCUT2D eigenvalue weighted by Crippen LogP contribution is 2.21. The van der Waals surface area contributed by atoms with Gasteiger partial charge in [0.15, 0.2) is 0 Å². The number of benzene rings is 2. The molecule has 1 unspecified atom stereocenters. The van der Waals surface area contributed by atoms with Crippen LogP contribution in [0.5, 0.6) is 5.75 Å². The lowest BCUT2D eigenvalue weighted by Gasteiger charge is -2.14. The van der Waals surface area contributed by atoms with E-state index < -0.39 is 0 Å². The van der Waals surface area contributed by atoms with Gasteiger partial charge in [-0.2, -0.15) is 0 Å². The fourth-order valence-electron chi connectivity index (χ4n) is 2.01. The molecule has 1 amide bonds. The van der Waals surface area contributed by atoms with Crippen molar-refractivity contribution in [2.45, 2.75) is 19.4 Å². The largest absolute Gasteiger partial charge is 0.508 e. The molecule has 3 nitrogen and oxygen atoms in total. The van der Waals surface area contributed by atoms with Crippen LogP contribution in [0.25, 0.3) is 0 Å². The van der Waals surface area contributed by atoms with E-state index in [0.717, 1.165) is 12.0 Å². The molecule has 20 heavy (non-hydrogen) atoms. The number of rotatable bonds is 4. The second-order valence-electron chi connectivity index (χ2n) is 4.73. The van der Waals surface area contributed by atoms with E-state index in [2.05, 4.69) is 5.32 Å². The highest BCUT2D eigenvalue weighted by molar-refractivity contribution is 6.33. The Balaban J connectivity index is 2.02. The van der Waals surface area contributed by atoms with E-state index in [1.54, 1.807) is 0 Å². The van der Waals surface area contributed by atoms with Crippen LogP contribution in [-0.4, -0.2) is 17.1 Å². The number of carbonyl (C=O) groups excluding carboxylic acids is 1. The molecular weight excluding hydrogens is 274 g/mol. The molecule has 0 heterocycles. The van der Waals surface area contributed by atoms with Crippen molar-refractivity contribution in [3.8, 4) is 5.75 Å². The van der Waals surface area contributed by atoms with Crippen LogP contribution in [0.3, 0.4) is 0 Å². The maximum atomic E-state index is 12.1. The number of aromatic hydroxyl groups is 1. The number of phenolic OH excluding ortho intramolecular Hbond substituents is 1. The molecule has 2 N–H and O–H groups in total. The molecule has 0 fully saturated rings. The first-order valence-corrected chi connectivity index (χ1v) is 6.77. The Labute approximate surface area is 123 Å². The molecule has 0 saturated carbocycles. The average Bonchev–Trinajstić information content (AvgIpc) is 2.42. The van der Waals surface area contributed by atoms with Crippen LogP contribution in [0.15, 0.2) is 48.5 Å². The van der Waals surface area contributed by atoms with Crippen molar-refractivity contribution < 1.29 is 9.90 Å². The van der Waals surface area contributed by atoms with Gasteiger partial charge in [0, 0.05) is 6.04 Å². The summed E-state index contributed by atoms with van der Waals surface area (Å²) in [6, 6.07) is 14.2. The van der Waals surface area contributed by atoms with Gasteiger partial charge in [-0.05, 0) is 37.1 Å². The van der Waals surface area contributed by atoms with E-state index in [4.69, 9.17) is 11.6 Å². The van der Waals surface area contributed by atoms with Crippen molar-refractivity contribution in [1.29, 1.82) is 0 Å². The Morgan fingerprint density at radius 3 is 2.65 bits per heavy atom. The lowest BCUT2D eigenvalue weighted by atomic mass is 10.1. The summed E-state index contributed by atoms with van der Waals surface area (Å²) < 4.78 is 0. The van der Waals surface area contributed by atoms with Gasteiger partial charge in [0.25, 0.3) is 5.91 Å². The lowest BCUT2D eigenvalue weighted by Crippen LogP contribution is -2.34. The number of halogens is 1. The first-order chi connectivity index (χ1) is 9.56. The topological polar surface area (TPSA) is 49.3 Å². The van der Waals surface area contributed by atoms with Crippen molar-refractivity contribution in [3.63, 3.8) is 0 Å². The lowest BCUT2D eigenvalue weighted by molar-refractivity contribution is 0.0940. The number of nitrogens with one attached hydrogen (secondary N) is 1. The van der Waals surface area contributed by atoms with Crippen LogP contribution in [0.1, 0.15) is 22.8 Å². The fraction of sp³-hybridized carbons (Fsp3) is 0.188. The van der Waals surface area contributed by atoms with Gasteiger partial charge >= 0.3 is 0 Å². The second kappa shape index (κ2) is 6.44. The first kappa shape index (κ1) is 14.4. The zero-order valence-corrected chi connectivity index (χ0v) is 11.9. The normalized spacial score (nSPS) is 11.9. The van der Waals surface area contributed by atoms with E-state index in [0.29, 0.717) is 5.02 Å². The van der Waals surface area contributed by atoms with Crippen LogP contribution in [-0.2, 0) is 6.42 Å². The van der Waals surface area contributed by atoms with Gasteiger partial charge in [-0.1, -0.05) is 41.9 Å². The molecular formula is C16H16ClNO2. The summed E-state index contributed by atoms with van der Waals surface area (Å²) >= 11 is 5.96. The first-order valence-electron chi connectivity index (χ1n) is 6.39. The Bertz CT molecular complexity index is 599. The zero-order chi connectivity index (χ0) is 14.5. The minimum absolute atomic E-state index is 0.0234. The fourth-order valence-corrected chi connectivity index (χ4v) is 2.21. The van der Waals surface area contributed by atoms with Gasteiger partial charge in [-0.3, -0.25) is 4.79 Å². The molecule has 1 atom stereocenters. The molecule has 2 aromatic rings. The van der Waals surface area contributed by atoms with Gasteiger partial charge in [0.05, 0.1) is 10.6 Å². The molecule has 2 rings (SSSR count). The molecule has 0 aromatic heterocycles. The molecule has 0 aliphatic carbocycles. The number of carbonyl (C=O) groups is 1. The molecule has 0 aliphatic heterocycles. The molecule has 0 aliphatic rings. The third kappa shape index (κ3) is 3.75. The van der Waals surface area contributed by atoms with Crippen LogP contribution >= 0.6 is 11.6 Å². The predicted molar refractivity (Wildman–Crippen MR) is 80.2 cm³/mol. The van der Waals surface area contributed by atoms with Crippen molar-refractivity contribution in [3.05, 3.63) is 64.7 Å². The van der Waals surface area contributed by atoms with E-state index >= 15 is 0 Å². The molecule has 0 spiro atoms.